The number of nitrogens with one attached hydrogen (secondary N) is 2. The van der Waals surface area contributed by atoms with Crippen molar-refractivity contribution in [1.82, 2.24) is 0 Å². The Hall–Kier alpha value is -3.53. The fourth-order valence-electron chi connectivity index (χ4n) is 2.82. The SMILES string of the molecule is CN(C)c1c(F)cc(NC(=O)c2cccc(S(=O)(=O)Nc3ccccc3F)c2)cc1F. The minimum atomic E-state index is -4.19. The van der Waals surface area contributed by atoms with Crippen LogP contribution in [0, 0.1) is 17.5 Å². The first-order valence-corrected chi connectivity index (χ1v) is 10.4. The minimum absolute atomic E-state index is 0.0751. The van der Waals surface area contributed by atoms with Gasteiger partial charge in [0.25, 0.3) is 15.9 Å². The molecule has 0 aliphatic rings. The van der Waals surface area contributed by atoms with Gasteiger partial charge in [0.15, 0.2) is 11.6 Å². The van der Waals surface area contributed by atoms with Crippen LogP contribution in [-0.2, 0) is 10.0 Å². The van der Waals surface area contributed by atoms with Crippen LogP contribution in [0.5, 0.6) is 0 Å². The standard InChI is InChI=1S/C21H18F3N3O3S/c1-27(2)20-17(23)11-14(12-18(20)24)25-21(28)13-6-5-7-15(10-13)31(29,30)26-19-9-4-3-8-16(19)22/h3-12,26H,1-2H3,(H,25,28). The van der Waals surface area contributed by atoms with E-state index in [0.29, 0.717) is 0 Å². The molecule has 0 spiro atoms. The second kappa shape index (κ2) is 8.68. The molecule has 1 amide bonds. The van der Waals surface area contributed by atoms with Gasteiger partial charge in [-0.15, -0.1) is 0 Å². The van der Waals surface area contributed by atoms with Crippen molar-refractivity contribution in [3.05, 3.63) is 83.7 Å². The minimum Gasteiger partial charge on any atom is -0.373 e. The average Bonchev–Trinajstić information content (AvgIpc) is 2.69. The van der Waals surface area contributed by atoms with E-state index in [9.17, 15) is 26.4 Å². The van der Waals surface area contributed by atoms with Gasteiger partial charge < -0.3 is 10.2 Å². The third-order valence-electron chi connectivity index (χ3n) is 4.25. The molecule has 31 heavy (non-hydrogen) atoms. The summed E-state index contributed by atoms with van der Waals surface area (Å²) in [5.41, 5.74) is -0.716. The van der Waals surface area contributed by atoms with Crippen LogP contribution >= 0.6 is 0 Å². The highest BCUT2D eigenvalue weighted by Crippen LogP contribution is 2.26. The fourth-order valence-corrected chi connectivity index (χ4v) is 3.93. The maximum absolute atomic E-state index is 14.1. The topological polar surface area (TPSA) is 78.5 Å². The zero-order valence-electron chi connectivity index (χ0n) is 16.5. The summed E-state index contributed by atoms with van der Waals surface area (Å²) < 4.78 is 69.3. The maximum atomic E-state index is 14.1. The Morgan fingerprint density at radius 1 is 0.871 bits per heavy atom. The highest BCUT2D eigenvalue weighted by molar-refractivity contribution is 7.92. The van der Waals surface area contributed by atoms with E-state index in [1.165, 1.54) is 55.4 Å². The number of carbonyl (C=O) groups excluding carboxylic acids is 1. The van der Waals surface area contributed by atoms with Crippen LogP contribution < -0.4 is 14.9 Å². The molecule has 6 nitrogen and oxygen atoms in total. The molecule has 3 aromatic rings. The number of rotatable bonds is 6. The number of anilines is 3. The number of amides is 1. The Balaban J connectivity index is 1.84. The first-order valence-electron chi connectivity index (χ1n) is 8.93. The van der Waals surface area contributed by atoms with Gasteiger partial charge in [0, 0.05) is 25.3 Å². The van der Waals surface area contributed by atoms with Gasteiger partial charge in [0.2, 0.25) is 0 Å². The van der Waals surface area contributed by atoms with Crippen molar-refractivity contribution in [3.63, 3.8) is 0 Å². The number of hydrogen-bond donors (Lipinski definition) is 2. The molecule has 162 valence electrons. The van der Waals surface area contributed by atoms with E-state index in [4.69, 9.17) is 0 Å². The lowest BCUT2D eigenvalue weighted by Crippen LogP contribution is -2.17. The number of halogens is 3. The molecule has 0 radical (unpaired) electrons. The Morgan fingerprint density at radius 3 is 2.13 bits per heavy atom. The molecule has 0 saturated carbocycles. The summed E-state index contributed by atoms with van der Waals surface area (Å²) >= 11 is 0. The van der Waals surface area contributed by atoms with E-state index in [-0.39, 0.29) is 27.5 Å². The molecule has 0 heterocycles. The lowest BCUT2D eigenvalue weighted by atomic mass is 10.2. The van der Waals surface area contributed by atoms with Crippen molar-refractivity contribution in [1.29, 1.82) is 0 Å². The largest absolute Gasteiger partial charge is 0.373 e. The smallest absolute Gasteiger partial charge is 0.262 e. The Kier molecular flexibility index (Phi) is 6.21. The summed E-state index contributed by atoms with van der Waals surface area (Å²) in [5.74, 6) is -3.28. The van der Waals surface area contributed by atoms with Crippen LogP contribution in [0.2, 0.25) is 0 Å². The molecule has 2 N–H and O–H groups in total. The van der Waals surface area contributed by atoms with Gasteiger partial charge in [0.1, 0.15) is 11.5 Å². The maximum Gasteiger partial charge on any atom is 0.262 e. The van der Waals surface area contributed by atoms with Gasteiger partial charge in [-0.05, 0) is 42.5 Å². The summed E-state index contributed by atoms with van der Waals surface area (Å²) in [5, 5.41) is 2.33. The fraction of sp³-hybridized carbons (Fsp3) is 0.0952. The lowest BCUT2D eigenvalue weighted by Gasteiger charge is -2.16. The van der Waals surface area contributed by atoms with Crippen molar-refractivity contribution in [2.75, 3.05) is 29.0 Å². The molecule has 0 aliphatic carbocycles. The molecule has 0 unspecified atom stereocenters. The molecule has 0 saturated heterocycles. The van der Waals surface area contributed by atoms with Gasteiger partial charge in [-0.2, -0.15) is 0 Å². The highest BCUT2D eigenvalue weighted by atomic mass is 32.2. The molecule has 0 atom stereocenters. The van der Waals surface area contributed by atoms with Crippen LogP contribution in [0.15, 0.2) is 65.6 Å². The first kappa shape index (κ1) is 22.2. The molecular formula is C21H18F3N3O3S. The van der Waals surface area contributed by atoms with Crippen molar-refractivity contribution < 1.29 is 26.4 Å². The van der Waals surface area contributed by atoms with Crippen LogP contribution in [0.25, 0.3) is 0 Å². The number of benzene rings is 3. The molecule has 3 rings (SSSR count). The van der Waals surface area contributed by atoms with E-state index in [1.54, 1.807) is 0 Å². The second-order valence-electron chi connectivity index (χ2n) is 6.75. The number of sulfonamides is 1. The van der Waals surface area contributed by atoms with Crippen molar-refractivity contribution >= 4 is 33.0 Å². The Morgan fingerprint density at radius 2 is 1.52 bits per heavy atom. The highest BCUT2D eigenvalue weighted by Gasteiger charge is 2.19. The summed E-state index contributed by atoms with van der Waals surface area (Å²) in [6.45, 7) is 0. The Bertz CT molecular complexity index is 1220. The van der Waals surface area contributed by atoms with Crippen LogP contribution in [0.4, 0.5) is 30.2 Å². The monoisotopic (exact) mass is 449 g/mol. The van der Waals surface area contributed by atoms with Crippen molar-refractivity contribution in [2.24, 2.45) is 0 Å². The summed E-state index contributed by atoms with van der Waals surface area (Å²) in [4.78, 5) is 13.5. The average molecular weight is 449 g/mol. The van der Waals surface area contributed by atoms with E-state index in [1.807, 2.05) is 0 Å². The molecule has 0 aromatic heterocycles. The molecule has 3 aromatic carbocycles. The zero-order chi connectivity index (χ0) is 22.8. The molecule has 0 bridgehead atoms. The van der Waals surface area contributed by atoms with E-state index in [0.717, 1.165) is 24.3 Å². The van der Waals surface area contributed by atoms with Crippen LogP contribution in [0.1, 0.15) is 10.4 Å². The molecular weight excluding hydrogens is 431 g/mol. The number of para-hydroxylation sites is 1. The third kappa shape index (κ3) is 4.97. The van der Waals surface area contributed by atoms with Crippen LogP contribution in [-0.4, -0.2) is 28.4 Å². The quantitative estimate of drug-likeness (QED) is 0.591. The number of nitrogens with zero attached hydrogens (tertiary/aromatic N) is 1. The first-order chi connectivity index (χ1) is 14.6. The Labute approximate surface area is 177 Å². The van der Waals surface area contributed by atoms with Gasteiger partial charge in [-0.1, -0.05) is 18.2 Å². The normalized spacial score (nSPS) is 11.1. The zero-order valence-corrected chi connectivity index (χ0v) is 17.3. The van der Waals surface area contributed by atoms with E-state index >= 15 is 0 Å². The predicted octanol–water partition coefficient (Wildman–Crippen LogP) is 4.22. The van der Waals surface area contributed by atoms with Crippen molar-refractivity contribution in [2.45, 2.75) is 4.90 Å². The third-order valence-corrected chi connectivity index (χ3v) is 5.61. The van der Waals surface area contributed by atoms with Gasteiger partial charge in [0.05, 0.1) is 10.6 Å². The molecule has 0 fully saturated rings. The van der Waals surface area contributed by atoms with Gasteiger partial charge in [-0.3, -0.25) is 9.52 Å². The van der Waals surface area contributed by atoms with E-state index in [2.05, 4.69) is 10.0 Å². The second-order valence-corrected chi connectivity index (χ2v) is 8.43. The predicted molar refractivity (Wildman–Crippen MR) is 112 cm³/mol. The number of carbonyl (C=O) groups is 1. The van der Waals surface area contributed by atoms with Crippen LogP contribution in [0.3, 0.4) is 0 Å². The van der Waals surface area contributed by atoms with Gasteiger partial charge >= 0.3 is 0 Å². The summed E-state index contributed by atoms with van der Waals surface area (Å²) in [6, 6.07) is 12.1. The summed E-state index contributed by atoms with van der Waals surface area (Å²) in [7, 11) is -1.24. The van der Waals surface area contributed by atoms with Crippen molar-refractivity contribution in [3.8, 4) is 0 Å². The lowest BCUT2D eigenvalue weighted by molar-refractivity contribution is 0.102. The number of hydrogen-bond acceptors (Lipinski definition) is 4. The summed E-state index contributed by atoms with van der Waals surface area (Å²) in [6.07, 6.45) is 0. The molecule has 0 aliphatic heterocycles. The molecule has 10 heteroatoms. The van der Waals surface area contributed by atoms with Gasteiger partial charge in [-0.25, -0.2) is 21.6 Å². The van der Waals surface area contributed by atoms with E-state index < -0.39 is 33.4 Å².